The summed E-state index contributed by atoms with van der Waals surface area (Å²) in [6.45, 7) is 0. The lowest BCUT2D eigenvalue weighted by molar-refractivity contribution is 1.16. The van der Waals surface area contributed by atoms with E-state index in [9.17, 15) is 0 Å². The summed E-state index contributed by atoms with van der Waals surface area (Å²) < 4.78 is 4.77. The number of rotatable bonds is 10. The third-order valence-corrected chi connectivity index (χ3v) is 14.9. The van der Waals surface area contributed by atoms with Crippen LogP contribution < -0.4 is 0 Å². The highest BCUT2D eigenvalue weighted by molar-refractivity contribution is 6.29. The number of nitrogens with zero attached hydrogens (tertiary/aromatic N) is 10. The van der Waals surface area contributed by atoms with E-state index >= 15 is 0 Å². The molecule has 0 aliphatic rings. The van der Waals surface area contributed by atoms with E-state index in [0.29, 0.717) is 23.3 Å². The molecule has 0 aliphatic carbocycles. The fourth-order valence-electron chi connectivity index (χ4n) is 11.1. The average Bonchev–Trinajstić information content (AvgIpc) is 4.30. The molecule has 0 spiro atoms. The van der Waals surface area contributed by atoms with Crippen LogP contribution in [0.4, 0.5) is 0 Å². The molecular weight excluding hydrogens is 981 g/mol. The molecule has 374 valence electrons. The van der Waals surface area contributed by atoms with Gasteiger partial charge in [0.25, 0.3) is 0 Å². The van der Waals surface area contributed by atoms with Crippen LogP contribution in [0, 0.1) is 0 Å². The highest BCUT2D eigenvalue weighted by atomic mass is 15.0. The van der Waals surface area contributed by atoms with Crippen molar-refractivity contribution in [2.75, 3.05) is 0 Å². The smallest absolute Gasteiger partial charge is 0.159 e. The number of para-hydroxylation sites is 2. The number of benzene rings is 9. The van der Waals surface area contributed by atoms with Crippen molar-refractivity contribution >= 4 is 43.6 Å². The zero-order valence-corrected chi connectivity index (χ0v) is 42.9. The predicted octanol–water partition coefficient (Wildman–Crippen LogP) is 16.4. The maximum Gasteiger partial charge on any atom is 0.159 e. The molecule has 9 aromatic carbocycles. The monoisotopic (exact) mass is 1020 g/mol. The predicted molar refractivity (Wildman–Crippen MR) is 321 cm³/mol. The number of aromatic nitrogens is 10. The van der Waals surface area contributed by atoms with Crippen LogP contribution in [0.5, 0.6) is 0 Å². The van der Waals surface area contributed by atoms with Gasteiger partial charge >= 0.3 is 0 Å². The van der Waals surface area contributed by atoms with Crippen molar-refractivity contribution in [2.45, 2.75) is 0 Å². The highest BCUT2D eigenvalue weighted by Gasteiger charge is 2.23. The first-order valence-electron chi connectivity index (χ1n) is 26.4. The second-order valence-corrected chi connectivity index (χ2v) is 19.7. The van der Waals surface area contributed by atoms with Gasteiger partial charge in [-0.25, -0.2) is 39.9 Å². The highest BCUT2D eigenvalue weighted by Crippen LogP contribution is 2.44. The molecule has 0 atom stereocenters. The topological polar surface area (TPSA) is 113 Å². The van der Waals surface area contributed by atoms with Crippen molar-refractivity contribution in [3.8, 4) is 101 Å². The van der Waals surface area contributed by atoms with E-state index in [-0.39, 0.29) is 0 Å². The average molecular weight is 1030 g/mol. The molecule has 0 amide bonds. The second kappa shape index (κ2) is 19.5. The molecule has 15 rings (SSSR count). The zero-order chi connectivity index (χ0) is 52.9. The van der Waals surface area contributed by atoms with Crippen LogP contribution in [-0.4, -0.2) is 49.0 Å². The first-order chi connectivity index (χ1) is 39.6. The quantitative estimate of drug-likeness (QED) is 0.133. The normalized spacial score (nSPS) is 11.5. The molecule has 0 radical (unpaired) electrons. The Kier molecular flexibility index (Phi) is 11.3. The second-order valence-electron chi connectivity index (χ2n) is 19.7. The number of fused-ring (bicyclic) bond motifs is 7. The van der Waals surface area contributed by atoms with Crippen LogP contribution in [0.1, 0.15) is 0 Å². The fraction of sp³-hybridized carbons (Fsp3) is 0. The molecule has 0 unspecified atom stereocenters. The molecule has 6 heterocycles. The van der Waals surface area contributed by atoms with E-state index in [1.165, 1.54) is 0 Å². The first-order valence-corrected chi connectivity index (χ1v) is 26.4. The van der Waals surface area contributed by atoms with Crippen molar-refractivity contribution < 1.29 is 0 Å². The summed E-state index contributed by atoms with van der Waals surface area (Å²) >= 11 is 0. The summed E-state index contributed by atoms with van der Waals surface area (Å²) in [6.07, 6.45) is 15.3. The van der Waals surface area contributed by atoms with Crippen LogP contribution in [0.15, 0.2) is 268 Å². The lowest BCUT2D eigenvalue weighted by Crippen LogP contribution is -1.98. The van der Waals surface area contributed by atoms with Crippen molar-refractivity contribution in [1.82, 2.24) is 49.0 Å². The molecule has 10 nitrogen and oxygen atoms in total. The van der Waals surface area contributed by atoms with Gasteiger partial charge in [-0.3, -0.25) is 0 Å². The molecule has 80 heavy (non-hydrogen) atoms. The maximum atomic E-state index is 4.87. The standard InChI is InChI=1S/C70H44N10/c1-5-17-45(18-6-1)67-71-37-53(38-72-67)49-31-50(54-39-73-68(74-40-54)46-19-7-2-8-20-46)34-57(33-49)79-61-27-15-13-25-59(61)65-63(79)29-30-64-66(65)60-26-14-16-28-62(60)80(64)58-35-51(55-41-75-69(76-42-55)47-21-9-3-10-22-47)32-52(36-58)56-43-77-70(78-44-56)48-23-11-4-12-24-48/h1-44H. The fourth-order valence-corrected chi connectivity index (χ4v) is 11.1. The summed E-state index contributed by atoms with van der Waals surface area (Å²) in [5.41, 5.74) is 17.5. The molecule has 0 saturated carbocycles. The molecule has 0 fully saturated rings. The Morgan fingerprint density at radius 3 is 0.725 bits per heavy atom. The van der Waals surface area contributed by atoms with E-state index < -0.39 is 0 Å². The Morgan fingerprint density at radius 2 is 0.450 bits per heavy atom. The van der Waals surface area contributed by atoms with E-state index in [4.69, 9.17) is 39.9 Å². The van der Waals surface area contributed by atoms with Gasteiger partial charge in [0.15, 0.2) is 23.3 Å². The number of hydrogen-bond acceptors (Lipinski definition) is 8. The van der Waals surface area contributed by atoms with Gasteiger partial charge in [-0.05, 0) is 82.9 Å². The molecule has 6 aromatic heterocycles. The molecule has 0 saturated heterocycles. The molecule has 0 aliphatic heterocycles. The molecule has 15 aromatic rings. The minimum Gasteiger partial charge on any atom is -0.309 e. The van der Waals surface area contributed by atoms with Crippen molar-refractivity contribution in [1.29, 1.82) is 0 Å². The van der Waals surface area contributed by atoms with E-state index in [1.807, 2.05) is 171 Å². The Labute approximate surface area is 459 Å². The summed E-state index contributed by atoms with van der Waals surface area (Å²) in [7, 11) is 0. The van der Waals surface area contributed by atoms with Gasteiger partial charge in [-0.15, -0.1) is 0 Å². The van der Waals surface area contributed by atoms with Gasteiger partial charge < -0.3 is 9.13 Å². The summed E-state index contributed by atoms with van der Waals surface area (Å²) in [4.78, 5) is 39.0. The van der Waals surface area contributed by atoms with Crippen LogP contribution >= 0.6 is 0 Å². The lowest BCUT2D eigenvalue weighted by Gasteiger charge is -2.15. The molecular formula is C70H44N10. The van der Waals surface area contributed by atoms with E-state index in [1.54, 1.807) is 0 Å². The van der Waals surface area contributed by atoms with Crippen LogP contribution in [0.3, 0.4) is 0 Å². The summed E-state index contributed by atoms with van der Waals surface area (Å²) in [5.74, 6) is 2.67. The summed E-state index contributed by atoms with van der Waals surface area (Å²) in [5, 5.41) is 4.57. The van der Waals surface area contributed by atoms with Crippen molar-refractivity contribution in [3.63, 3.8) is 0 Å². The zero-order valence-electron chi connectivity index (χ0n) is 42.9. The van der Waals surface area contributed by atoms with Crippen LogP contribution in [0.25, 0.3) is 145 Å². The van der Waals surface area contributed by atoms with Gasteiger partial charge in [0.1, 0.15) is 0 Å². The minimum atomic E-state index is 0.669. The third-order valence-electron chi connectivity index (χ3n) is 14.9. The molecule has 0 bridgehead atoms. The number of hydrogen-bond donors (Lipinski definition) is 0. The third kappa shape index (κ3) is 8.23. The van der Waals surface area contributed by atoms with E-state index in [0.717, 1.165) is 122 Å². The largest absolute Gasteiger partial charge is 0.309 e. The van der Waals surface area contributed by atoms with Gasteiger partial charge in [-0.1, -0.05) is 158 Å². The van der Waals surface area contributed by atoms with Crippen molar-refractivity contribution in [3.05, 3.63) is 268 Å². The van der Waals surface area contributed by atoms with Gasteiger partial charge in [0.2, 0.25) is 0 Å². The molecule has 10 heteroatoms. The first kappa shape index (κ1) is 46.2. The maximum absolute atomic E-state index is 4.87. The Bertz CT molecular complexity index is 4250. The SMILES string of the molecule is c1ccc(-c2ncc(-c3cc(-c4cnc(-c5ccccc5)nc4)cc(-n4c5ccccc5c5c6c7ccccc7n(-c7cc(-c8cnc(-c9ccccc9)nc8)cc(-c8cnc(-c9ccccc9)nc8)c7)c6ccc54)c3)cn2)cc1. The van der Waals surface area contributed by atoms with E-state index in [2.05, 4.69) is 106 Å². The molecule has 0 N–H and O–H groups in total. The Morgan fingerprint density at radius 1 is 0.200 bits per heavy atom. The minimum absolute atomic E-state index is 0.669. The Hall–Kier alpha value is -11.1. The summed E-state index contributed by atoms with van der Waals surface area (Å²) in [6, 6.07) is 75.5. The Balaban J connectivity index is 0.924. The van der Waals surface area contributed by atoms with Crippen molar-refractivity contribution in [2.24, 2.45) is 0 Å². The lowest BCUT2D eigenvalue weighted by atomic mass is 10.0. The van der Waals surface area contributed by atoms with Crippen LogP contribution in [0.2, 0.25) is 0 Å². The van der Waals surface area contributed by atoms with Gasteiger partial charge in [0, 0.05) is 127 Å². The van der Waals surface area contributed by atoms with Crippen LogP contribution in [-0.2, 0) is 0 Å². The van der Waals surface area contributed by atoms with Gasteiger partial charge in [0.05, 0.1) is 22.1 Å². The van der Waals surface area contributed by atoms with Gasteiger partial charge in [-0.2, -0.15) is 0 Å².